The first-order chi connectivity index (χ1) is 14.3. The molecule has 1 amide bonds. The highest BCUT2D eigenvalue weighted by molar-refractivity contribution is 5.73. The standard InChI is InChI=1S/C18H35NO.C5H13N.C3H8O/c1-2-3-4-5-6-7-8-9-10-11-12-13-14-15-16-17-18(19)20;1-4-5-6(2)3;1-3(2)4/h9-10H,2-8,11-17H2,1H3,(H2,19,20);4-5H2,1-3H3;3-4H,1-2H3/b10-9-;;. The topological polar surface area (TPSA) is 66.6 Å². The molecule has 0 aliphatic heterocycles. The Labute approximate surface area is 189 Å². The van der Waals surface area contributed by atoms with Crippen molar-refractivity contribution in [1.29, 1.82) is 0 Å². The van der Waals surface area contributed by atoms with Crippen LogP contribution in [0, 0.1) is 0 Å². The van der Waals surface area contributed by atoms with Crippen LogP contribution in [0.4, 0.5) is 0 Å². The van der Waals surface area contributed by atoms with E-state index in [2.05, 4.69) is 45.0 Å². The minimum absolute atomic E-state index is 0.164. The number of aliphatic hydroxyl groups excluding tert-OH is 1. The number of primary amides is 1. The van der Waals surface area contributed by atoms with E-state index in [0.29, 0.717) is 6.42 Å². The molecule has 0 aliphatic carbocycles. The minimum Gasteiger partial charge on any atom is -0.394 e. The van der Waals surface area contributed by atoms with Crippen LogP contribution in [0.2, 0.25) is 0 Å². The molecule has 0 heterocycles. The van der Waals surface area contributed by atoms with Gasteiger partial charge in [-0.3, -0.25) is 4.79 Å². The van der Waals surface area contributed by atoms with Gasteiger partial charge in [-0.05, 0) is 73.0 Å². The molecule has 0 aromatic heterocycles. The third kappa shape index (κ3) is 50.6. The predicted molar refractivity (Wildman–Crippen MR) is 135 cm³/mol. The monoisotopic (exact) mass is 428 g/mol. The maximum atomic E-state index is 10.5. The van der Waals surface area contributed by atoms with Crippen LogP contribution in [0.15, 0.2) is 12.2 Å². The van der Waals surface area contributed by atoms with Crippen molar-refractivity contribution in [3.63, 3.8) is 0 Å². The van der Waals surface area contributed by atoms with Crippen molar-refractivity contribution < 1.29 is 9.90 Å². The lowest BCUT2D eigenvalue weighted by Gasteiger charge is -2.03. The normalized spacial score (nSPS) is 10.7. The predicted octanol–water partition coefficient (Wildman–Crippen LogP) is 6.85. The Balaban J connectivity index is -0.000000600. The molecular weight excluding hydrogens is 372 g/mol. The number of hydrogen-bond donors (Lipinski definition) is 2. The van der Waals surface area contributed by atoms with Gasteiger partial charge < -0.3 is 15.7 Å². The minimum atomic E-state index is -0.167. The summed E-state index contributed by atoms with van der Waals surface area (Å²) in [5.41, 5.74) is 5.10. The van der Waals surface area contributed by atoms with E-state index in [1.165, 1.54) is 83.6 Å². The summed E-state index contributed by atoms with van der Waals surface area (Å²) in [6, 6.07) is 0. The first-order valence-electron chi connectivity index (χ1n) is 12.5. The molecule has 0 fully saturated rings. The summed E-state index contributed by atoms with van der Waals surface area (Å²) in [6.07, 6.45) is 23.0. The fraction of sp³-hybridized carbons (Fsp3) is 0.885. The van der Waals surface area contributed by atoms with Crippen molar-refractivity contribution in [2.24, 2.45) is 5.73 Å². The molecule has 0 rings (SSSR count). The van der Waals surface area contributed by atoms with Crippen LogP contribution in [0.1, 0.15) is 124 Å². The molecule has 0 atom stereocenters. The van der Waals surface area contributed by atoms with Gasteiger partial charge in [0.15, 0.2) is 0 Å². The van der Waals surface area contributed by atoms with Crippen molar-refractivity contribution >= 4 is 5.91 Å². The number of aliphatic hydroxyl groups is 1. The zero-order chi connectivity index (χ0) is 23.5. The molecule has 0 saturated carbocycles. The molecule has 0 aromatic rings. The highest BCUT2D eigenvalue weighted by Gasteiger charge is 1.94. The van der Waals surface area contributed by atoms with Gasteiger partial charge in [-0.15, -0.1) is 0 Å². The van der Waals surface area contributed by atoms with Crippen LogP contribution in [-0.2, 0) is 4.79 Å². The molecule has 30 heavy (non-hydrogen) atoms. The summed E-state index contributed by atoms with van der Waals surface area (Å²) in [7, 11) is 4.17. The van der Waals surface area contributed by atoms with Crippen molar-refractivity contribution in [3.8, 4) is 0 Å². The number of rotatable bonds is 17. The molecule has 0 aliphatic rings. The fourth-order valence-corrected chi connectivity index (χ4v) is 2.82. The van der Waals surface area contributed by atoms with E-state index in [9.17, 15) is 4.79 Å². The molecule has 0 spiro atoms. The summed E-state index contributed by atoms with van der Waals surface area (Å²) in [4.78, 5) is 12.7. The van der Waals surface area contributed by atoms with Gasteiger partial charge in [0.1, 0.15) is 0 Å². The van der Waals surface area contributed by atoms with E-state index in [0.717, 1.165) is 12.8 Å². The lowest BCUT2D eigenvalue weighted by Crippen LogP contribution is -2.11. The molecular formula is C26H56N2O2. The van der Waals surface area contributed by atoms with Crippen molar-refractivity contribution in [2.45, 2.75) is 130 Å². The van der Waals surface area contributed by atoms with Crippen LogP contribution in [0.5, 0.6) is 0 Å². The summed E-state index contributed by atoms with van der Waals surface area (Å²) < 4.78 is 0. The highest BCUT2D eigenvalue weighted by Crippen LogP contribution is 2.09. The first kappa shape index (κ1) is 33.8. The smallest absolute Gasteiger partial charge is 0.217 e. The number of carbonyl (C=O) groups is 1. The zero-order valence-electron chi connectivity index (χ0n) is 21.4. The Kier molecular flexibility index (Phi) is 34.1. The van der Waals surface area contributed by atoms with Crippen LogP contribution < -0.4 is 5.73 Å². The van der Waals surface area contributed by atoms with Gasteiger partial charge in [-0.2, -0.15) is 0 Å². The average molecular weight is 429 g/mol. The lowest BCUT2D eigenvalue weighted by molar-refractivity contribution is -0.118. The number of nitrogens with two attached hydrogens (primary N) is 1. The Bertz CT molecular complexity index is 339. The Morgan fingerprint density at radius 1 is 0.800 bits per heavy atom. The second-order valence-electron chi connectivity index (χ2n) is 8.70. The molecule has 0 unspecified atom stereocenters. The number of allylic oxidation sites excluding steroid dienone is 2. The van der Waals surface area contributed by atoms with E-state index in [1.54, 1.807) is 13.8 Å². The van der Waals surface area contributed by atoms with Crippen molar-refractivity contribution in [1.82, 2.24) is 4.90 Å². The second-order valence-corrected chi connectivity index (χ2v) is 8.70. The van der Waals surface area contributed by atoms with Crippen LogP contribution in [0.3, 0.4) is 0 Å². The van der Waals surface area contributed by atoms with Crippen LogP contribution in [-0.4, -0.2) is 42.7 Å². The Morgan fingerprint density at radius 3 is 1.53 bits per heavy atom. The number of hydrogen-bond acceptors (Lipinski definition) is 3. The number of unbranched alkanes of at least 4 members (excludes halogenated alkanes) is 11. The summed E-state index contributed by atoms with van der Waals surface area (Å²) in [5.74, 6) is -0.164. The van der Waals surface area contributed by atoms with Crippen molar-refractivity contribution in [2.75, 3.05) is 20.6 Å². The molecule has 0 saturated heterocycles. The lowest BCUT2D eigenvalue weighted by atomic mass is 10.1. The number of carbonyl (C=O) groups excluding carboxylic acids is 1. The highest BCUT2D eigenvalue weighted by atomic mass is 16.3. The molecule has 0 aromatic carbocycles. The Hall–Kier alpha value is -0.870. The fourth-order valence-electron chi connectivity index (χ4n) is 2.82. The largest absolute Gasteiger partial charge is 0.394 e. The van der Waals surface area contributed by atoms with E-state index in [1.807, 2.05) is 0 Å². The van der Waals surface area contributed by atoms with Crippen LogP contribution >= 0.6 is 0 Å². The Morgan fingerprint density at radius 2 is 1.20 bits per heavy atom. The van der Waals surface area contributed by atoms with Crippen LogP contribution in [0.25, 0.3) is 0 Å². The van der Waals surface area contributed by atoms with E-state index in [-0.39, 0.29) is 12.0 Å². The van der Waals surface area contributed by atoms with Crippen molar-refractivity contribution in [3.05, 3.63) is 12.2 Å². The van der Waals surface area contributed by atoms with E-state index >= 15 is 0 Å². The first-order valence-corrected chi connectivity index (χ1v) is 12.5. The molecule has 182 valence electrons. The van der Waals surface area contributed by atoms with E-state index in [4.69, 9.17) is 10.8 Å². The molecule has 4 nitrogen and oxygen atoms in total. The van der Waals surface area contributed by atoms with Gasteiger partial charge in [0.2, 0.25) is 5.91 Å². The molecule has 0 bridgehead atoms. The summed E-state index contributed by atoms with van der Waals surface area (Å²) >= 11 is 0. The van der Waals surface area contributed by atoms with Gasteiger partial charge in [0.05, 0.1) is 0 Å². The third-order valence-electron chi connectivity index (χ3n) is 4.36. The molecule has 0 radical (unpaired) electrons. The van der Waals surface area contributed by atoms with Gasteiger partial charge in [-0.1, -0.05) is 77.4 Å². The number of nitrogens with zero attached hydrogens (tertiary/aromatic N) is 1. The third-order valence-corrected chi connectivity index (χ3v) is 4.36. The maximum Gasteiger partial charge on any atom is 0.217 e. The van der Waals surface area contributed by atoms with Gasteiger partial charge in [-0.25, -0.2) is 0 Å². The average Bonchev–Trinajstić information content (AvgIpc) is 2.64. The summed E-state index contributed by atoms with van der Waals surface area (Å²) in [5, 5.41) is 8.06. The number of amides is 1. The van der Waals surface area contributed by atoms with Gasteiger partial charge >= 0.3 is 0 Å². The SMILES string of the molecule is CC(C)O.CCCCCCCC/C=C\CCCCCCCC(N)=O.CCCN(C)C. The quantitative estimate of drug-likeness (QED) is 0.196. The van der Waals surface area contributed by atoms with E-state index < -0.39 is 0 Å². The zero-order valence-corrected chi connectivity index (χ0v) is 21.4. The van der Waals surface area contributed by atoms with Gasteiger partial charge in [0.25, 0.3) is 0 Å². The maximum absolute atomic E-state index is 10.5. The second kappa shape index (κ2) is 30.3. The molecule has 4 heteroatoms. The van der Waals surface area contributed by atoms with Gasteiger partial charge in [0, 0.05) is 12.5 Å². The molecule has 3 N–H and O–H groups in total. The summed E-state index contributed by atoms with van der Waals surface area (Å²) in [6.45, 7) is 9.10.